The summed E-state index contributed by atoms with van der Waals surface area (Å²) in [5.41, 5.74) is 2.22. The summed E-state index contributed by atoms with van der Waals surface area (Å²) in [7, 11) is 4.11. The molecule has 0 bridgehead atoms. The van der Waals surface area contributed by atoms with Crippen molar-refractivity contribution in [2.45, 2.75) is 18.4 Å². The Labute approximate surface area is 99.7 Å². The molecule has 0 aromatic carbocycles. The minimum atomic E-state index is -0.00106. The van der Waals surface area contributed by atoms with Crippen molar-refractivity contribution < 1.29 is 4.79 Å². The average molecular weight is 236 g/mol. The van der Waals surface area contributed by atoms with Gasteiger partial charge in [0, 0.05) is 31.1 Å². The van der Waals surface area contributed by atoms with Gasteiger partial charge >= 0.3 is 0 Å². The first-order valence-corrected chi connectivity index (χ1v) is 6.63. The Hall–Kier alpha value is -0.870. The topological polar surface area (TPSA) is 23.6 Å². The smallest absolute Gasteiger partial charge is 0.255 e. The molecule has 0 atom stereocenters. The number of rotatable bonds is 0. The van der Waals surface area contributed by atoms with Crippen LogP contribution in [0, 0.1) is 0 Å². The molecular formula is C12H16N2OS. The van der Waals surface area contributed by atoms with Crippen molar-refractivity contribution in [3.05, 3.63) is 21.9 Å². The van der Waals surface area contributed by atoms with Crippen molar-refractivity contribution in [1.29, 1.82) is 0 Å². The maximum absolute atomic E-state index is 12.1. The predicted molar refractivity (Wildman–Crippen MR) is 64.8 cm³/mol. The molecule has 0 radical (unpaired) electrons. The lowest BCUT2D eigenvalue weighted by atomic mass is 9.82. The molecule has 0 aliphatic carbocycles. The second-order valence-corrected chi connectivity index (χ2v) is 5.64. The molecule has 3 rings (SSSR count). The summed E-state index contributed by atoms with van der Waals surface area (Å²) in [5, 5.41) is 4.17. The summed E-state index contributed by atoms with van der Waals surface area (Å²) in [6.07, 6.45) is 2.13. The van der Waals surface area contributed by atoms with Crippen LogP contribution in [0.5, 0.6) is 0 Å². The average Bonchev–Trinajstić information content (AvgIpc) is 2.83. The van der Waals surface area contributed by atoms with E-state index in [1.165, 1.54) is 5.56 Å². The van der Waals surface area contributed by atoms with E-state index in [-0.39, 0.29) is 11.4 Å². The number of hydrogen-bond donors (Lipinski definition) is 0. The van der Waals surface area contributed by atoms with Crippen LogP contribution in [0.4, 0.5) is 0 Å². The van der Waals surface area contributed by atoms with Gasteiger partial charge in [-0.15, -0.1) is 0 Å². The molecular weight excluding hydrogens is 220 g/mol. The highest BCUT2D eigenvalue weighted by atomic mass is 32.1. The largest absolute Gasteiger partial charge is 0.332 e. The van der Waals surface area contributed by atoms with Crippen molar-refractivity contribution >= 4 is 17.2 Å². The van der Waals surface area contributed by atoms with Gasteiger partial charge in [0.25, 0.3) is 5.91 Å². The summed E-state index contributed by atoms with van der Waals surface area (Å²) >= 11 is 1.66. The van der Waals surface area contributed by atoms with Crippen molar-refractivity contribution in [2.24, 2.45) is 0 Å². The van der Waals surface area contributed by atoms with Gasteiger partial charge in [0.2, 0.25) is 0 Å². The van der Waals surface area contributed by atoms with Gasteiger partial charge in [0.05, 0.1) is 11.1 Å². The van der Waals surface area contributed by atoms with Crippen LogP contribution in [0.1, 0.15) is 28.8 Å². The molecule has 2 aliphatic heterocycles. The summed E-state index contributed by atoms with van der Waals surface area (Å²) in [6, 6.07) is 0. The molecule has 1 aromatic heterocycles. The molecule has 2 aliphatic rings. The highest BCUT2D eigenvalue weighted by Gasteiger charge is 2.49. The van der Waals surface area contributed by atoms with Gasteiger partial charge in [-0.25, -0.2) is 0 Å². The van der Waals surface area contributed by atoms with Crippen LogP contribution in [0.15, 0.2) is 10.8 Å². The maximum atomic E-state index is 12.1. The first-order valence-electron chi connectivity index (χ1n) is 5.68. The molecule has 3 heterocycles. The van der Waals surface area contributed by atoms with Gasteiger partial charge in [-0.1, -0.05) is 0 Å². The maximum Gasteiger partial charge on any atom is 0.255 e. The van der Waals surface area contributed by atoms with Gasteiger partial charge in [0.1, 0.15) is 0 Å². The van der Waals surface area contributed by atoms with Crippen LogP contribution in [0.25, 0.3) is 0 Å². The van der Waals surface area contributed by atoms with Gasteiger partial charge in [-0.05, 0) is 25.3 Å². The molecule has 1 spiro atoms. The molecule has 1 amide bonds. The number of amides is 1. The zero-order valence-corrected chi connectivity index (χ0v) is 10.5. The molecule has 1 aromatic rings. The van der Waals surface area contributed by atoms with Gasteiger partial charge in [0.15, 0.2) is 0 Å². The fraction of sp³-hybridized carbons (Fsp3) is 0.583. The van der Waals surface area contributed by atoms with Crippen molar-refractivity contribution in [2.75, 3.05) is 27.2 Å². The highest BCUT2D eigenvalue weighted by molar-refractivity contribution is 7.08. The Kier molecular flexibility index (Phi) is 2.13. The molecule has 0 saturated carbocycles. The van der Waals surface area contributed by atoms with E-state index >= 15 is 0 Å². The van der Waals surface area contributed by atoms with E-state index in [1.807, 2.05) is 17.3 Å². The Morgan fingerprint density at radius 2 is 1.94 bits per heavy atom. The molecule has 0 N–H and O–H groups in total. The van der Waals surface area contributed by atoms with E-state index in [0.29, 0.717) is 0 Å². The van der Waals surface area contributed by atoms with E-state index in [2.05, 4.69) is 17.3 Å². The van der Waals surface area contributed by atoms with Gasteiger partial charge in [-0.2, -0.15) is 11.3 Å². The number of likely N-dealkylation sites (tertiary alicyclic amines) is 1. The molecule has 1 fully saturated rings. The molecule has 0 unspecified atom stereocenters. The zero-order chi connectivity index (χ0) is 11.3. The Morgan fingerprint density at radius 1 is 1.25 bits per heavy atom. The van der Waals surface area contributed by atoms with Gasteiger partial charge < -0.3 is 9.80 Å². The quantitative estimate of drug-likeness (QED) is 0.685. The number of hydrogen-bond acceptors (Lipinski definition) is 3. The first-order chi connectivity index (χ1) is 7.65. The minimum absolute atomic E-state index is 0.00106. The third-order valence-corrected chi connectivity index (χ3v) is 4.90. The van der Waals surface area contributed by atoms with E-state index in [1.54, 1.807) is 11.3 Å². The summed E-state index contributed by atoms with van der Waals surface area (Å²) < 4.78 is 0. The van der Waals surface area contributed by atoms with Crippen LogP contribution in [-0.2, 0) is 5.54 Å². The third-order valence-electron chi connectivity index (χ3n) is 4.15. The Morgan fingerprint density at radius 3 is 2.62 bits per heavy atom. The number of thiophene rings is 1. The van der Waals surface area contributed by atoms with Crippen molar-refractivity contribution in [3.8, 4) is 0 Å². The first kappa shape index (κ1) is 10.3. The van der Waals surface area contributed by atoms with Gasteiger partial charge in [-0.3, -0.25) is 4.79 Å². The van der Waals surface area contributed by atoms with E-state index < -0.39 is 0 Å². The number of fused-ring (bicyclic) bond motifs is 2. The number of carbonyl (C=O) groups is 1. The molecule has 3 nitrogen and oxygen atoms in total. The van der Waals surface area contributed by atoms with E-state index in [9.17, 15) is 4.79 Å². The summed E-state index contributed by atoms with van der Waals surface area (Å²) in [4.78, 5) is 16.4. The normalized spacial score (nSPS) is 24.1. The van der Waals surface area contributed by atoms with Crippen molar-refractivity contribution in [3.63, 3.8) is 0 Å². The monoisotopic (exact) mass is 236 g/mol. The SMILES string of the molecule is CN1CCC2(CC1)c1cscc1C(=O)N2C. The van der Waals surface area contributed by atoms with E-state index in [4.69, 9.17) is 0 Å². The number of carbonyl (C=O) groups excluding carboxylic acids is 1. The summed E-state index contributed by atoms with van der Waals surface area (Å²) in [5.74, 6) is 0.209. The number of piperidine rings is 1. The van der Waals surface area contributed by atoms with Crippen LogP contribution in [0.2, 0.25) is 0 Å². The number of nitrogens with zero attached hydrogens (tertiary/aromatic N) is 2. The fourth-order valence-corrected chi connectivity index (χ4v) is 3.89. The molecule has 1 saturated heterocycles. The van der Waals surface area contributed by atoms with Crippen LogP contribution >= 0.6 is 11.3 Å². The Balaban J connectivity index is 2.05. The minimum Gasteiger partial charge on any atom is -0.332 e. The van der Waals surface area contributed by atoms with Crippen LogP contribution in [0.3, 0.4) is 0 Å². The standard InChI is InChI=1S/C12H16N2OS/c1-13-5-3-12(4-6-13)10-8-16-7-9(10)11(15)14(12)2/h7-8H,3-6H2,1-2H3. The lowest BCUT2D eigenvalue weighted by molar-refractivity contribution is 0.0425. The molecule has 86 valence electrons. The van der Waals surface area contributed by atoms with Crippen LogP contribution in [-0.4, -0.2) is 42.9 Å². The van der Waals surface area contributed by atoms with E-state index in [0.717, 1.165) is 31.5 Å². The van der Waals surface area contributed by atoms with Crippen molar-refractivity contribution in [1.82, 2.24) is 9.80 Å². The second kappa shape index (κ2) is 3.31. The summed E-state index contributed by atoms with van der Waals surface area (Å²) in [6.45, 7) is 2.15. The third kappa shape index (κ3) is 1.14. The van der Waals surface area contributed by atoms with Crippen LogP contribution < -0.4 is 0 Å². The predicted octanol–water partition coefficient (Wildman–Crippen LogP) is 1.75. The molecule has 16 heavy (non-hydrogen) atoms. The lowest BCUT2D eigenvalue weighted by Crippen LogP contribution is -2.48. The lowest BCUT2D eigenvalue weighted by Gasteiger charge is -2.42. The zero-order valence-electron chi connectivity index (χ0n) is 9.69. The fourth-order valence-electron chi connectivity index (χ4n) is 2.97. The second-order valence-electron chi connectivity index (χ2n) is 4.90. The molecule has 4 heteroatoms. The Bertz CT molecular complexity index is 432. The highest BCUT2D eigenvalue weighted by Crippen LogP contribution is 2.46.